The van der Waals surface area contributed by atoms with Gasteiger partial charge in [-0.15, -0.1) is 0 Å². The van der Waals surface area contributed by atoms with Gasteiger partial charge in [0.05, 0.1) is 5.69 Å². The van der Waals surface area contributed by atoms with E-state index in [9.17, 15) is 4.79 Å². The summed E-state index contributed by atoms with van der Waals surface area (Å²) in [6, 6.07) is 1.94. The van der Waals surface area contributed by atoms with E-state index in [2.05, 4.69) is 18.8 Å². The van der Waals surface area contributed by atoms with Crippen LogP contribution in [0.1, 0.15) is 35.8 Å². The summed E-state index contributed by atoms with van der Waals surface area (Å²) in [6.45, 7) is 4.13. The van der Waals surface area contributed by atoms with Gasteiger partial charge < -0.3 is 4.98 Å². The summed E-state index contributed by atoms with van der Waals surface area (Å²) in [4.78, 5) is 13.2. The van der Waals surface area contributed by atoms with Gasteiger partial charge in [0, 0.05) is 6.20 Å². The van der Waals surface area contributed by atoms with Gasteiger partial charge >= 0.3 is 0 Å². The fourth-order valence-corrected chi connectivity index (χ4v) is 1.000. The Morgan fingerprint density at radius 2 is 2.30 bits per heavy atom. The summed E-state index contributed by atoms with van der Waals surface area (Å²) >= 11 is 0. The van der Waals surface area contributed by atoms with E-state index in [1.807, 2.05) is 6.07 Å². The zero-order valence-electron chi connectivity index (χ0n) is 6.22. The Bertz CT molecular complexity index is 225. The quantitative estimate of drug-likeness (QED) is 0.621. The molecule has 0 saturated heterocycles. The Morgan fingerprint density at radius 3 is 2.70 bits per heavy atom. The topological polar surface area (TPSA) is 32.9 Å². The summed E-state index contributed by atoms with van der Waals surface area (Å²) in [5.74, 6) is 0.423. The Morgan fingerprint density at radius 1 is 1.60 bits per heavy atom. The Hall–Kier alpha value is -1.05. The summed E-state index contributed by atoms with van der Waals surface area (Å²) in [6.07, 6.45) is 2.65. The summed E-state index contributed by atoms with van der Waals surface area (Å²) in [5, 5.41) is 0. The molecule has 54 valence electrons. The molecule has 1 heterocycles. The van der Waals surface area contributed by atoms with E-state index in [0.717, 1.165) is 11.8 Å². The van der Waals surface area contributed by atoms with E-state index >= 15 is 0 Å². The van der Waals surface area contributed by atoms with Gasteiger partial charge in [0.1, 0.15) is 0 Å². The van der Waals surface area contributed by atoms with Crippen molar-refractivity contribution in [1.29, 1.82) is 0 Å². The maximum atomic E-state index is 10.4. The van der Waals surface area contributed by atoms with Gasteiger partial charge in [-0.05, 0) is 17.5 Å². The fourth-order valence-electron chi connectivity index (χ4n) is 1.000. The van der Waals surface area contributed by atoms with Crippen molar-refractivity contribution in [3.63, 3.8) is 0 Å². The lowest BCUT2D eigenvalue weighted by molar-refractivity contribution is 0.111. The molecule has 0 aliphatic heterocycles. The van der Waals surface area contributed by atoms with Crippen LogP contribution in [0.5, 0.6) is 0 Å². The molecule has 0 fully saturated rings. The molecule has 2 nitrogen and oxygen atoms in total. The largest absolute Gasteiger partial charge is 0.359 e. The first kappa shape index (κ1) is 7.06. The van der Waals surface area contributed by atoms with Crippen molar-refractivity contribution in [3.05, 3.63) is 23.5 Å². The molecule has 10 heavy (non-hydrogen) atoms. The molecule has 0 unspecified atom stereocenters. The smallest absolute Gasteiger partial charge is 0.166 e. The second kappa shape index (κ2) is 2.69. The van der Waals surface area contributed by atoms with Crippen molar-refractivity contribution in [2.75, 3.05) is 0 Å². The highest BCUT2D eigenvalue weighted by Crippen LogP contribution is 2.15. The second-order valence-corrected chi connectivity index (χ2v) is 2.62. The molecule has 0 spiro atoms. The van der Waals surface area contributed by atoms with E-state index in [1.165, 1.54) is 0 Å². The normalized spacial score (nSPS) is 10.3. The van der Waals surface area contributed by atoms with Crippen molar-refractivity contribution in [1.82, 2.24) is 4.98 Å². The van der Waals surface area contributed by atoms with E-state index < -0.39 is 0 Å². The van der Waals surface area contributed by atoms with Gasteiger partial charge in [0.2, 0.25) is 0 Å². The standard InChI is InChI=1S/C8H11NO/c1-6(2)7-3-4-9-8(7)5-10/h3-6,9H,1-2H3. The molecule has 0 aliphatic carbocycles. The van der Waals surface area contributed by atoms with Crippen LogP contribution >= 0.6 is 0 Å². The monoisotopic (exact) mass is 137 g/mol. The first-order valence-electron chi connectivity index (χ1n) is 3.38. The minimum Gasteiger partial charge on any atom is -0.359 e. The van der Waals surface area contributed by atoms with E-state index in [1.54, 1.807) is 6.20 Å². The summed E-state index contributed by atoms with van der Waals surface area (Å²) < 4.78 is 0. The molecule has 0 bridgehead atoms. The highest BCUT2D eigenvalue weighted by atomic mass is 16.1. The minimum absolute atomic E-state index is 0.423. The van der Waals surface area contributed by atoms with E-state index in [0.29, 0.717) is 11.6 Å². The van der Waals surface area contributed by atoms with E-state index in [4.69, 9.17) is 0 Å². The average molecular weight is 137 g/mol. The molecule has 1 rings (SSSR count). The number of hydrogen-bond donors (Lipinski definition) is 1. The average Bonchev–Trinajstić information content (AvgIpc) is 2.33. The number of H-pyrrole nitrogens is 1. The SMILES string of the molecule is CC(C)c1cc[nH]c1C=O. The predicted molar refractivity (Wildman–Crippen MR) is 40.3 cm³/mol. The van der Waals surface area contributed by atoms with Crippen molar-refractivity contribution in [2.45, 2.75) is 19.8 Å². The number of nitrogens with one attached hydrogen (secondary N) is 1. The molecule has 0 aliphatic rings. The van der Waals surface area contributed by atoms with Crippen LogP contribution in [0.3, 0.4) is 0 Å². The molecule has 0 aromatic carbocycles. The third-order valence-corrected chi connectivity index (χ3v) is 1.55. The molecule has 0 saturated carbocycles. The highest BCUT2D eigenvalue weighted by molar-refractivity contribution is 5.74. The van der Waals surface area contributed by atoms with Crippen LogP contribution in [0, 0.1) is 0 Å². The molecular weight excluding hydrogens is 126 g/mol. The molecule has 0 radical (unpaired) electrons. The Labute approximate surface area is 60.3 Å². The van der Waals surface area contributed by atoms with Gasteiger partial charge in [0.25, 0.3) is 0 Å². The van der Waals surface area contributed by atoms with Gasteiger partial charge in [-0.1, -0.05) is 13.8 Å². The molecular formula is C8H11NO. The number of carbonyl (C=O) groups excluding carboxylic acids is 1. The lowest BCUT2D eigenvalue weighted by Crippen LogP contribution is -1.90. The number of rotatable bonds is 2. The number of aromatic amines is 1. The maximum absolute atomic E-state index is 10.4. The Kier molecular flexibility index (Phi) is 1.90. The van der Waals surface area contributed by atoms with Crippen LogP contribution in [0.25, 0.3) is 0 Å². The number of hydrogen-bond acceptors (Lipinski definition) is 1. The Balaban J connectivity index is 3.01. The number of aromatic nitrogens is 1. The lowest BCUT2D eigenvalue weighted by atomic mass is 10.0. The van der Waals surface area contributed by atoms with Gasteiger partial charge in [0.15, 0.2) is 6.29 Å². The lowest BCUT2D eigenvalue weighted by Gasteiger charge is -2.00. The van der Waals surface area contributed by atoms with Crippen molar-refractivity contribution < 1.29 is 4.79 Å². The van der Waals surface area contributed by atoms with Gasteiger partial charge in [-0.3, -0.25) is 4.79 Å². The first-order valence-corrected chi connectivity index (χ1v) is 3.38. The van der Waals surface area contributed by atoms with Crippen molar-refractivity contribution >= 4 is 6.29 Å². The van der Waals surface area contributed by atoms with Gasteiger partial charge in [-0.2, -0.15) is 0 Å². The molecule has 1 N–H and O–H groups in total. The number of aldehydes is 1. The van der Waals surface area contributed by atoms with Crippen molar-refractivity contribution in [2.24, 2.45) is 0 Å². The fraction of sp³-hybridized carbons (Fsp3) is 0.375. The maximum Gasteiger partial charge on any atom is 0.166 e. The van der Waals surface area contributed by atoms with Gasteiger partial charge in [-0.25, -0.2) is 0 Å². The zero-order chi connectivity index (χ0) is 7.56. The molecule has 1 aromatic heterocycles. The summed E-state index contributed by atoms with van der Waals surface area (Å²) in [7, 11) is 0. The predicted octanol–water partition coefficient (Wildman–Crippen LogP) is 1.95. The second-order valence-electron chi connectivity index (χ2n) is 2.62. The van der Waals surface area contributed by atoms with Crippen LogP contribution in [-0.2, 0) is 0 Å². The van der Waals surface area contributed by atoms with Crippen LogP contribution in [0.4, 0.5) is 0 Å². The molecule has 1 aromatic rings. The summed E-state index contributed by atoms with van der Waals surface area (Å²) in [5.41, 5.74) is 1.80. The number of carbonyl (C=O) groups is 1. The van der Waals surface area contributed by atoms with Crippen LogP contribution in [0.2, 0.25) is 0 Å². The molecule has 0 atom stereocenters. The van der Waals surface area contributed by atoms with Crippen LogP contribution in [-0.4, -0.2) is 11.3 Å². The highest BCUT2D eigenvalue weighted by Gasteiger charge is 2.04. The minimum atomic E-state index is 0.423. The first-order chi connectivity index (χ1) is 4.75. The third kappa shape index (κ3) is 1.10. The van der Waals surface area contributed by atoms with E-state index in [-0.39, 0.29) is 0 Å². The molecule has 2 heteroatoms. The van der Waals surface area contributed by atoms with Crippen LogP contribution in [0.15, 0.2) is 12.3 Å². The third-order valence-electron chi connectivity index (χ3n) is 1.55. The van der Waals surface area contributed by atoms with Crippen LogP contribution < -0.4 is 0 Å². The van der Waals surface area contributed by atoms with Crippen molar-refractivity contribution in [3.8, 4) is 0 Å². The molecule has 0 amide bonds. The zero-order valence-corrected chi connectivity index (χ0v) is 6.22.